The maximum absolute atomic E-state index is 12.1. The predicted octanol–water partition coefficient (Wildman–Crippen LogP) is 1.31. The lowest BCUT2D eigenvalue weighted by atomic mass is 10.1. The van der Waals surface area contributed by atoms with E-state index in [0.717, 1.165) is 5.56 Å². The van der Waals surface area contributed by atoms with Gasteiger partial charge in [0.2, 0.25) is 5.91 Å². The molecule has 0 bridgehead atoms. The third-order valence-corrected chi connectivity index (χ3v) is 3.62. The second kappa shape index (κ2) is 7.43. The van der Waals surface area contributed by atoms with Crippen molar-refractivity contribution < 1.29 is 9.59 Å². The summed E-state index contributed by atoms with van der Waals surface area (Å²) in [5.41, 5.74) is 7.05. The Morgan fingerprint density at radius 2 is 2.00 bits per heavy atom. The van der Waals surface area contributed by atoms with Gasteiger partial charge in [-0.2, -0.15) is 0 Å². The number of nitrogens with one attached hydrogen (secondary N) is 1. The summed E-state index contributed by atoms with van der Waals surface area (Å²) in [6.45, 7) is 5.11. The highest BCUT2D eigenvalue weighted by Gasteiger charge is 2.33. The summed E-state index contributed by atoms with van der Waals surface area (Å²) in [6, 6.07) is 6.89. The fourth-order valence-electron chi connectivity index (χ4n) is 2.38. The minimum atomic E-state index is -0.404. The lowest BCUT2D eigenvalue weighted by Crippen LogP contribution is -2.43. The molecule has 1 aliphatic rings. The molecule has 0 saturated carbocycles. The minimum Gasteiger partial charge on any atom is -0.340 e. The number of halogens is 1. The van der Waals surface area contributed by atoms with Gasteiger partial charge in [-0.05, 0) is 38.0 Å². The van der Waals surface area contributed by atoms with Crippen molar-refractivity contribution >= 4 is 24.2 Å². The molecule has 2 amide bonds. The number of amides is 2. The van der Waals surface area contributed by atoms with E-state index in [1.807, 2.05) is 26.0 Å². The lowest BCUT2D eigenvalue weighted by Gasteiger charge is -2.21. The van der Waals surface area contributed by atoms with Gasteiger partial charge in [0.15, 0.2) is 0 Å². The zero-order chi connectivity index (χ0) is 14.7. The third-order valence-electron chi connectivity index (χ3n) is 3.62. The van der Waals surface area contributed by atoms with Crippen LogP contribution in [0, 0.1) is 0 Å². The van der Waals surface area contributed by atoms with Crippen LogP contribution in [0.1, 0.15) is 36.2 Å². The molecule has 0 aliphatic carbocycles. The van der Waals surface area contributed by atoms with E-state index >= 15 is 0 Å². The summed E-state index contributed by atoms with van der Waals surface area (Å²) in [6.07, 6.45) is 0.670. The van der Waals surface area contributed by atoms with Crippen molar-refractivity contribution in [2.45, 2.75) is 38.9 Å². The first-order valence-electron chi connectivity index (χ1n) is 6.93. The van der Waals surface area contributed by atoms with Crippen molar-refractivity contribution in [3.8, 4) is 0 Å². The highest BCUT2D eigenvalue weighted by Crippen LogP contribution is 2.15. The molecular formula is C15H22ClN3O2. The predicted molar refractivity (Wildman–Crippen MR) is 84.3 cm³/mol. The first kappa shape index (κ1) is 17.5. The van der Waals surface area contributed by atoms with Gasteiger partial charge >= 0.3 is 0 Å². The molecular weight excluding hydrogens is 290 g/mol. The molecule has 1 atom stereocenters. The summed E-state index contributed by atoms with van der Waals surface area (Å²) in [4.78, 5) is 26.0. The van der Waals surface area contributed by atoms with Crippen molar-refractivity contribution in [2.75, 3.05) is 6.54 Å². The number of nitrogens with zero attached hydrogens (tertiary/aromatic N) is 1. The van der Waals surface area contributed by atoms with Gasteiger partial charge in [0.25, 0.3) is 5.91 Å². The first-order chi connectivity index (χ1) is 9.52. The topological polar surface area (TPSA) is 75.4 Å². The van der Waals surface area contributed by atoms with Crippen LogP contribution in [0.5, 0.6) is 0 Å². The van der Waals surface area contributed by atoms with E-state index in [9.17, 15) is 9.59 Å². The van der Waals surface area contributed by atoms with Gasteiger partial charge in [-0.3, -0.25) is 9.59 Å². The Labute approximate surface area is 131 Å². The maximum atomic E-state index is 12.1. The molecule has 1 heterocycles. The van der Waals surface area contributed by atoms with Crippen molar-refractivity contribution in [3.63, 3.8) is 0 Å². The van der Waals surface area contributed by atoms with Gasteiger partial charge in [0.1, 0.15) is 6.04 Å². The molecule has 1 saturated heterocycles. The molecule has 1 aromatic rings. The first-order valence-corrected chi connectivity index (χ1v) is 6.93. The summed E-state index contributed by atoms with van der Waals surface area (Å²) in [5.74, 6) is -0.204. The van der Waals surface area contributed by atoms with Crippen LogP contribution < -0.4 is 11.1 Å². The normalized spacial score (nSPS) is 17.8. The van der Waals surface area contributed by atoms with Crippen molar-refractivity contribution in [3.05, 3.63) is 35.4 Å². The minimum absolute atomic E-state index is 0. The van der Waals surface area contributed by atoms with Crippen molar-refractivity contribution in [1.29, 1.82) is 0 Å². The molecule has 0 spiro atoms. The summed E-state index contributed by atoms with van der Waals surface area (Å²) in [5, 5.41) is 2.81. The number of likely N-dealkylation sites (tertiary alicyclic amines) is 1. The van der Waals surface area contributed by atoms with E-state index in [4.69, 9.17) is 5.73 Å². The molecule has 1 unspecified atom stereocenters. The van der Waals surface area contributed by atoms with Crippen LogP contribution >= 0.6 is 12.4 Å². The Morgan fingerprint density at radius 3 is 2.48 bits per heavy atom. The second-order valence-corrected chi connectivity index (χ2v) is 5.34. The average Bonchev–Trinajstić information content (AvgIpc) is 2.80. The average molecular weight is 312 g/mol. The molecule has 116 valence electrons. The van der Waals surface area contributed by atoms with E-state index < -0.39 is 6.04 Å². The molecule has 0 radical (unpaired) electrons. The number of hydrogen-bond acceptors (Lipinski definition) is 3. The molecule has 2 rings (SSSR count). The molecule has 1 aromatic carbocycles. The number of rotatable bonds is 4. The standard InChI is InChI=1S/C15H21N3O2.ClH/c1-10(2)18-8-7-13(15(18)20)17-14(19)12-5-3-11(9-16)4-6-12;/h3-6,10,13H,7-9,16H2,1-2H3,(H,17,19);1H. The summed E-state index contributed by atoms with van der Waals surface area (Å²) in [7, 11) is 0. The molecule has 21 heavy (non-hydrogen) atoms. The molecule has 1 fully saturated rings. The fourth-order valence-corrected chi connectivity index (χ4v) is 2.38. The highest BCUT2D eigenvalue weighted by molar-refractivity contribution is 5.98. The monoisotopic (exact) mass is 311 g/mol. The highest BCUT2D eigenvalue weighted by atomic mass is 35.5. The Balaban J connectivity index is 0.00000220. The molecule has 3 N–H and O–H groups in total. The largest absolute Gasteiger partial charge is 0.340 e. The van der Waals surface area contributed by atoms with Crippen LogP contribution in [0.4, 0.5) is 0 Å². The van der Waals surface area contributed by atoms with Gasteiger partial charge in [-0.1, -0.05) is 12.1 Å². The molecule has 0 aromatic heterocycles. The van der Waals surface area contributed by atoms with Gasteiger partial charge in [-0.25, -0.2) is 0 Å². The Bertz CT molecular complexity index is 502. The number of carbonyl (C=O) groups excluding carboxylic acids is 2. The number of carbonyl (C=O) groups is 2. The zero-order valence-electron chi connectivity index (χ0n) is 12.3. The lowest BCUT2D eigenvalue weighted by molar-refractivity contribution is -0.130. The molecule has 5 nitrogen and oxygen atoms in total. The summed E-state index contributed by atoms with van der Waals surface area (Å²) < 4.78 is 0. The maximum Gasteiger partial charge on any atom is 0.251 e. The van der Waals surface area contributed by atoms with E-state index in [0.29, 0.717) is 25.1 Å². The van der Waals surface area contributed by atoms with Gasteiger partial charge < -0.3 is 16.0 Å². The van der Waals surface area contributed by atoms with Crippen LogP contribution in [-0.4, -0.2) is 35.3 Å². The smallest absolute Gasteiger partial charge is 0.251 e. The Morgan fingerprint density at radius 1 is 1.38 bits per heavy atom. The summed E-state index contributed by atoms with van der Waals surface area (Å²) >= 11 is 0. The van der Waals surface area contributed by atoms with E-state index in [1.54, 1.807) is 17.0 Å². The van der Waals surface area contributed by atoms with Crippen molar-refractivity contribution in [1.82, 2.24) is 10.2 Å². The van der Waals surface area contributed by atoms with E-state index in [1.165, 1.54) is 0 Å². The van der Waals surface area contributed by atoms with Crippen molar-refractivity contribution in [2.24, 2.45) is 5.73 Å². The van der Waals surface area contributed by atoms with Gasteiger partial charge in [0, 0.05) is 24.7 Å². The SMILES string of the molecule is CC(C)N1CCC(NC(=O)c2ccc(CN)cc2)C1=O.Cl. The molecule has 6 heteroatoms. The number of nitrogens with two attached hydrogens (primary N) is 1. The quantitative estimate of drug-likeness (QED) is 0.880. The number of benzene rings is 1. The van der Waals surface area contributed by atoms with Crippen LogP contribution in [0.2, 0.25) is 0 Å². The van der Waals surface area contributed by atoms with Crippen LogP contribution in [-0.2, 0) is 11.3 Å². The van der Waals surface area contributed by atoms with Crippen LogP contribution in [0.15, 0.2) is 24.3 Å². The second-order valence-electron chi connectivity index (χ2n) is 5.34. The Kier molecular flexibility index (Phi) is 6.18. The molecule has 1 aliphatic heterocycles. The zero-order valence-corrected chi connectivity index (χ0v) is 13.2. The van der Waals surface area contributed by atoms with Crippen LogP contribution in [0.25, 0.3) is 0 Å². The van der Waals surface area contributed by atoms with E-state index in [-0.39, 0.29) is 30.3 Å². The third kappa shape index (κ3) is 3.95. The Hall–Kier alpha value is -1.59. The fraction of sp³-hybridized carbons (Fsp3) is 0.467. The van der Waals surface area contributed by atoms with Gasteiger partial charge in [-0.15, -0.1) is 12.4 Å². The van der Waals surface area contributed by atoms with Gasteiger partial charge in [0.05, 0.1) is 0 Å². The number of hydrogen-bond donors (Lipinski definition) is 2. The van der Waals surface area contributed by atoms with E-state index in [2.05, 4.69) is 5.32 Å². The van der Waals surface area contributed by atoms with Crippen LogP contribution in [0.3, 0.4) is 0 Å².